The Hall–Kier alpha value is -2.14. The highest BCUT2D eigenvalue weighted by Crippen LogP contribution is 2.65. The molecule has 4 saturated carbocycles. The van der Waals surface area contributed by atoms with Crippen molar-refractivity contribution in [2.75, 3.05) is 6.61 Å². The Kier molecular flexibility index (Phi) is 5.40. The minimum absolute atomic E-state index is 0.0109. The summed E-state index contributed by atoms with van der Waals surface area (Å²) in [7, 11) is -6.00. The Bertz CT molecular complexity index is 1130. The smallest absolute Gasteiger partial charge is 0.454 e. The SMILES string of the molecule is CCOC(=O)OC1C(=O)OC2C3OC4(OC3OC12)C1CC2CC4CC(OC(=O)C(F)(F)S(=O)(=O)O)(C2)C1. The van der Waals surface area contributed by atoms with Crippen molar-refractivity contribution in [1.29, 1.82) is 0 Å². The summed E-state index contributed by atoms with van der Waals surface area (Å²) in [5.74, 6) is -5.20. The lowest BCUT2D eigenvalue weighted by Gasteiger charge is -2.62. The summed E-state index contributed by atoms with van der Waals surface area (Å²) in [5, 5.41) is -5.09. The van der Waals surface area contributed by atoms with Crippen LogP contribution in [0, 0.1) is 17.8 Å². The molecule has 3 heterocycles. The minimum atomic E-state index is -6.00. The first-order valence-electron chi connectivity index (χ1n) is 11.9. The zero-order valence-electron chi connectivity index (χ0n) is 19.4. The zero-order valence-corrected chi connectivity index (χ0v) is 20.2. The molecule has 7 unspecified atom stereocenters. The van der Waals surface area contributed by atoms with Crippen molar-refractivity contribution in [3.05, 3.63) is 0 Å². The number of ether oxygens (including phenoxy) is 7. The first kappa shape index (κ1) is 25.2. The average molecular weight is 554 g/mol. The molecule has 1 spiro atoms. The lowest BCUT2D eigenvalue weighted by atomic mass is 9.51. The molecule has 206 valence electrons. The van der Waals surface area contributed by atoms with E-state index in [0.29, 0.717) is 12.8 Å². The van der Waals surface area contributed by atoms with E-state index in [2.05, 4.69) is 0 Å². The lowest BCUT2D eigenvalue weighted by molar-refractivity contribution is -0.343. The van der Waals surface area contributed by atoms with Crippen molar-refractivity contribution < 1.29 is 69.3 Å². The standard InChI is InChI=1S/C21H24F2O13S/c1-2-30-18(26)33-13-11-12(31-15(13)24)14-16(32-11)35-20(34-14)9-3-8-4-10(20)7-19(5-8,6-9)36-17(25)21(22,23)37(27,28)29/h8-14,16H,2-7H2,1H3,(H,27,28,29). The topological polar surface area (TPSA) is 170 Å². The number of esters is 2. The number of carbonyl (C=O) groups excluding carboxylic acids is 3. The van der Waals surface area contributed by atoms with Gasteiger partial charge in [0.1, 0.15) is 11.7 Å². The molecule has 0 aromatic heterocycles. The molecule has 37 heavy (non-hydrogen) atoms. The van der Waals surface area contributed by atoms with Crippen molar-refractivity contribution >= 4 is 28.2 Å². The van der Waals surface area contributed by atoms with Crippen LogP contribution in [0.15, 0.2) is 0 Å². The van der Waals surface area contributed by atoms with Gasteiger partial charge in [0.2, 0.25) is 6.10 Å². The molecule has 13 nitrogen and oxygen atoms in total. The van der Waals surface area contributed by atoms with E-state index in [1.165, 1.54) is 0 Å². The van der Waals surface area contributed by atoms with Crippen molar-refractivity contribution in [3.63, 3.8) is 0 Å². The van der Waals surface area contributed by atoms with Gasteiger partial charge in [0.15, 0.2) is 24.3 Å². The van der Waals surface area contributed by atoms with Gasteiger partial charge in [-0.2, -0.15) is 17.2 Å². The van der Waals surface area contributed by atoms with Crippen LogP contribution in [0.5, 0.6) is 0 Å². The van der Waals surface area contributed by atoms with Gasteiger partial charge in [-0.25, -0.2) is 14.4 Å². The number of hydrogen-bond donors (Lipinski definition) is 1. The summed E-state index contributed by atoms with van der Waals surface area (Å²) in [6, 6.07) is 0. The molecule has 0 aromatic rings. The maximum absolute atomic E-state index is 13.9. The van der Waals surface area contributed by atoms with Crippen molar-refractivity contribution in [3.8, 4) is 0 Å². The zero-order chi connectivity index (χ0) is 26.5. The third kappa shape index (κ3) is 3.59. The molecule has 4 bridgehead atoms. The van der Waals surface area contributed by atoms with Gasteiger partial charge < -0.3 is 33.2 Å². The highest BCUT2D eigenvalue weighted by atomic mass is 32.2. The summed E-state index contributed by atoms with van der Waals surface area (Å²) in [4.78, 5) is 36.1. The first-order chi connectivity index (χ1) is 17.3. The molecule has 7 fully saturated rings. The molecule has 7 rings (SSSR count). The Morgan fingerprint density at radius 1 is 1.11 bits per heavy atom. The summed E-state index contributed by atoms with van der Waals surface area (Å²) in [6.45, 7) is 1.62. The Labute approximate surface area is 208 Å². The molecular formula is C21H24F2O13S. The molecule has 3 aliphatic heterocycles. The molecule has 0 aromatic carbocycles. The van der Waals surface area contributed by atoms with E-state index < -0.39 is 87.4 Å². The second-order valence-electron chi connectivity index (χ2n) is 10.4. The Morgan fingerprint density at radius 3 is 2.41 bits per heavy atom. The highest BCUT2D eigenvalue weighted by Gasteiger charge is 2.74. The molecule has 3 saturated heterocycles. The van der Waals surface area contributed by atoms with Crippen LogP contribution in [0.25, 0.3) is 0 Å². The molecule has 16 heteroatoms. The maximum Gasteiger partial charge on any atom is 0.509 e. The number of carbonyl (C=O) groups is 3. The summed E-state index contributed by atoms with van der Waals surface area (Å²) >= 11 is 0. The third-order valence-corrected chi connectivity index (χ3v) is 9.05. The molecule has 1 N–H and O–H groups in total. The van der Waals surface area contributed by atoms with Crippen LogP contribution in [-0.2, 0) is 52.9 Å². The van der Waals surface area contributed by atoms with E-state index in [4.69, 9.17) is 37.7 Å². The summed E-state index contributed by atoms with van der Waals surface area (Å²) < 4.78 is 97.3. The van der Waals surface area contributed by atoms with E-state index in [0.717, 1.165) is 0 Å². The molecular weight excluding hydrogens is 530 g/mol. The molecule has 4 aliphatic carbocycles. The largest absolute Gasteiger partial charge is 0.509 e. The average Bonchev–Trinajstić information content (AvgIpc) is 3.40. The predicted octanol–water partition coefficient (Wildman–Crippen LogP) is 0.893. The monoisotopic (exact) mass is 554 g/mol. The maximum atomic E-state index is 13.9. The molecule has 0 radical (unpaired) electrons. The van der Waals surface area contributed by atoms with E-state index in [1.807, 2.05) is 0 Å². The van der Waals surface area contributed by atoms with E-state index >= 15 is 0 Å². The Balaban J connectivity index is 1.18. The fourth-order valence-electron chi connectivity index (χ4n) is 7.10. The molecule has 7 atom stereocenters. The van der Waals surface area contributed by atoms with Gasteiger partial charge in [-0.05, 0) is 44.9 Å². The van der Waals surface area contributed by atoms with Gasteiger partial charge >= 0.3 is 33.5 Å². The van der Waals surface area contributed by atoms with Crippen molar-refractivity contribution in [1.82, 2.24) is 0 Å². The third-order valence-electron chi connectivity index (χ3n) is 8.24. The number of alkyl halides is 2. The van der Waals surface area contributed by atoms with Crippen LogP contribution in [0.4, 0.5) is 13.6 Å². The van der Waals surface area contributed by atoms with Gasteiger partial charge in [-0.3, -0.25) is 4.55 Å². The quantitative estimate of drug-likeness (QED) is 0.289. The van der Waals surface area contributed by atoms with Crippen LogP contribution in [-0.4, -0.2) is 85.0 Å². The van der Waals surface area contributed by atoms with Gasteiger partial charge in [0, 0.05) is 11.8 Å². The minimum Gasteiger partial charge on any atom is -0.454 e. The lowest BCUT2D eigenvalue weighted by Crippen LogP contribution is -2.66. The van der Waals surface area contributed by atoms with Crippen molar-refractivity contribution in [2.24, 2.45) is 17.8 Å². The normalized spacial score (nSPS) is 45.5. The number of rotatable bonds is 5. The van der Waals surface area contributed by atoms with Gasteiger partial charge in [-0.1, -0.05) is 0 Å². The fourth-order valence-corrected chi connectivity index (χ4v) is 7.35. The molecule has 7 aliphatic rings. The van der Waals surface area contributed by atoms with Crippen LogP contribution in [0.3, 0.4) is 0 Å². The Morgan fingerprint density at radius 2 is 1.78 bits per heavy atom. The van der Waals surface area contributed by atoms with Crippen LogP contribution in [0.2, 0.25) is 0 Å². The first-order valence-corrected chi connectivity index (χ1v) is 13.4. The van der Waals surface area contributed by atoms with E-state index in [9.17, 15) is 31.6 Å². The number of hydrogen-bond acceptors (Lipinski definition) is 12. The van der Waals surface area contributed by atoms with E-state index in [-0.39, 0.29) is 31.8 Å². The second kappa shape index (κ2) is 7.94. The highest BCUT2D eigenvalue weighted by molar-refractivity contribution is 7.87. The van der Waals surface area contributed by atoms with E-state index in [1.54, 1.807) is 6.92 Å². The van der Waals surface area contributed by atoms with Crippen molar-refractivity contribution in [2.45, 2.75) is 86.4 Å². The molecule has 0 amide bonds. The van der Waals surface area contributed by atoms with Crippen LogP contribution >= 0.6 is 0 Å². The number of halogens is 2. The fraction of sp³-hybridized carbons (Fsp3) is 0.857. The summed E-state index contributed by atoms with van der Waals surface area (Å²) in [6.07, 6.45) is -4.57. The van der Waals surface area contributed by atoms with Gasteiger partial charge in [0.25, 0.3) is 0 Å². The van der Waals surface area contributed by atoms with Gasteiger partial charge in [0.05, 0.1) is 6.61 Å². The summed E-state index contributed by atoms with van der Waals surface area (Å²) in [5.41, 5.74) is -1.36. The van der Waals surface area contributed by atoms with Gasteiger partial charge in [-0.15, -0.1) is 0 Å². The van der Waals surface area contributed by atoms with Crippen LogP contribution in [0.1, 0.15) is 39.0 Å². The second-order valence-corrected chi connectivity index (χ2v) is 11.9. The van der Waals surface area contributed by atoms with Crippen LogP contribution < -0.4 is 0 Å². The predicted molar refractivity (Wildman–Crippen MR) is 108 cm³/mol. The number of fused-ring (bicyclic) bond motifs is 3.